The zero-order valence-electron chi connectivity index (χ0n) is 19.1. The Balaban J connectivity index is 1.95. The minimum atomic E-state index is -0.354. The maximum Gasteiger partial charge on any atom is 0.310 e. The average Bonchev–Trinajstić information content (AvgIpc) is 2.72. The Bertz CT molecular complexity index is 813. The average molecular weight is 432 g/mol. The van der Waals surface area contributed by atoms with Crippen LogP contribution in [0.15, 0.2) is 24.3 Å². The first kappa shape index (κ1) is 24.4. The summed E-state index contributed by atoms with van der Waals surface area (Å²) in [6, 6.07) is 6.36. The lowest BCUT2D eigenvalue weighted by Crippen LogP contribution is -2.47. The highest BCUT2D eigenvalue weighted by molar-refractivity contribution is 5.99. The third kappa shape index (κ3) is 7.08. The van der Waals surface area contributed by atoms with Gasteiger partial charge in [-0.1, -0.05) is 0 Å². The Hall–Kier alpha value is -2.90. The predicted octanol–water partition coefficient (Wildman–Crippen LogP) is 2.09. The van der Waals surface area contributed by atoms with Crippen LogP contribution in [0.5, 0.6) is 0 Å². The summed E-state index contributed by atoms with van der Waals surface area (Å²) in [5.41, 5.74) is 0.501. The van der Waals surface area contributed by atoms with E-state index in [2.05, 4.69) is 5.32 Å². The molecule has 2 rings (SSSR count). The van der Waals surface area contributed by atoms with Crippen molar-refractivity contribution in [3.05, 3.63) is 35.4 Å². The Kier molecular flexibility index (Phi) is 8.19. The van der Waals surface area contributed by atoms with Gasteiger partial charge in [0.1, 0.15) is 0 Å². The van der Waals surface area contributed by atoms with E-state index in [1.54, 1.807) is 43.1 Å². The molecular weight excluding hydrogens is 398 g/mol. The molecule has 0 aromatic heterocycles. The number of carbonyl (C=O) groups is 4. The molecule has 1 fully saturated rings. The van der Waals surface area contributed by atoms with Gasteiger partial charge in [0.25, 0.3) is 11.8 Å². The largest absolute Gasteiger partial charge is 0.466 e. The SMILES string of the molecule is CCOC(=O)C1CCCN(C(=O)CN(C)C(=O)c2ccc(C(=O)NC(C)(C)C)cc2)C1. The number of ether oxygens (including phenoxy) is 1. The van der Waals surface area contributed by atoms with E-state index in [0.29, 0.717) is 37.2 Å². The fraction of sp³-hybridized carbons (Fsp3) is 0.565. The van der Waals surface area contributed by atoms with Crippen LogP contribution in [0.2, 0.25) is 0 Å². The monoisotopic (exact) mass is 431 g/mol. The molecule has 31 heavy (non-hydrogen) atoms. The molecule has 8 nitrogen and oxygen atoms in total. The number of carbonyl (C=O) groups excluding carboxylic acids is 4. The summed E-state index contributed by atoms with van der Waals surface area (Å²) < 4.78 is 5.07. The molecule has 1 saturated heterocycles. The summed E-state index contributed by atoms with van der Waals surface area (Å²) in [7, 11) is 1.56. The second-order valence-corrected chi connectivity index (χ2v) is 8.87. The fourth-order valence-electron chi connectivity index (χ4n) is 3.43. The molecule has 170 valence electrons. The molecule has 0 bridgehead atoms. The van der Waals surface area contributed by atoms with Gasteiger partial charge >= 0.3 is 5.97 Å². The normalized spacial score (nSPS) is 16.4. The molecular formula is C23H33N3O5. The van der Waals surface area contributed by atoms with Crippen LogP contribution in [-0.4, -0.2) is 72.3 Å². The molecule has 1 aliphatic heterocycles. The fourth-order valence-corrected chi connectivity index (χ4v) is 3.43. The molecule has 0 spiro atoms. The number of hydrogen-bond donors (Lipinski definition) is 1. The summed E-state index contributed by atoms with van der Waals surface area (Å²) >= 11 is 0. The number of nitrogens with one attached hydrogen (secondary N) is 1. The molecule has 1 aromatic rings. The standard InChI is InChI=1S/C23H33N3O5/c1-6-31-22(30)18-8-7-13-26(14-18)19(27)15-25(5)21(29)17-11-9-16(10-12-17)20(28)24-23(2,3)4/h9-12,18H,6-8,13-15H2,1-5H3,(H,24,28). The van der Waals surface area contributed by atoms with Crippen molar-refractivity contribution in [2.24, 2.45) is 5.92 Å². The van der Waals surface area contributed by atoms with Gasteiger partial charge in [-0.05, 0) is 64.8 Å². The second-order valence-electron chi connectivity index (χ2n) is 8.87. The van der Waals surface area contributed by atoms with E-state index in [0.717, 1.165) is 6.42 Å². The molecule has 1 unspecified atom stereocenters. The van der Waals surface area contributed by atoms with Crippen molar-refractivity contribution in [1.29, 1.82) is 0 Å². The molecule has 1 N–H and O–H groups in total. The Morgan fingerprint density at radius 3 is 2.32 bits per heavy atom. The number of esters is 1. The smallest absolute Gasteiger partial charge is 0.310 e. The van der Waals surface area contributed by atoms with Crippen molar-refractivity contribution in [2.45, 2.75) is 46.1 Å². The lowest BCUT2D eigenvalue weighted by molar-refractivity contribution is -0.151. The molecule has 0 aliphatic carbocycles. The summed E-state index contributed by atoms with van der Waals surface area (Å²) in [4.78, 5) is 52.6. The van der Waals surface area contributed by atoms with Crippen LogP contribution >= 0.6 is 0 Å². The maximum atomic E-state index is 12.7. The van der Waals surface area contributed by atoms with Gasteiger partial charge in [-0.2, -0.15) is 0 Å². The number of likely N-dealkylation sites (N-methyl/N-ethyl adjacent to an activating group) is 1. The van der Waals surface area contributed by atoms with Gasteiger partial charge in [0.05, 0.1) is 19.1 Å². The first-order valence-corrected chi connectivity index (χ1v) is 10.6. The van der Waals surface area contributed by atoms with Crippen LogP contribution < -0.4 is 5.32 Å². The zero-order valence-corrected chi connectivity index (χ0v) is 19.1. The van der Waals surface area contributed by atoms with E-state index in [4.69, 9.17) is 4.74 Å². The van der Waals surface area contributed by atoms with Crippen molar-refractivity contribution in [3.63, 3.8) is 0 Å². The van der Waals surface area contributed by atoms with Gasteiger partial charge in [-0.3, -0.25) is 19.2 Å². The quantitative estimate of drug-likeness (QED) is 0.696. The minimum Gasteiger partial charge on any atom is -0.466 e. The van der Waals surface area contributed by atoms with Crippen molar-refractivity contribution in [3.8, 4) is 0 Å². The number of piperidine rings is 1. The van der Waals surface area contributed by atoms with Gasteiger partial charge in [-0.25, -0.2) is 0 Å². The lowest BCUT2D eigenvalue weighted by Gasteiger charge is -2.32. The third-order valence-electron chi connectivity index (χ3n) is 5.00. The number of likely N-dealkylation sites (tertiary alicyclic amines) is 1. The Morgan fingerprint density at radius 2 is 1.74 bits per heavy atom. The molecule has 1 aromatic carbocycles. The van der Waals surface area contributed by atoms with Gasteiger partial charge in [0, 0.05) is 36.8 Å². The van der Waals surface area contributed by atoms with Gasteiger partial charge in [0.2, 0.25) is 5.91 Å². The molecule has 1 aliphatic rings. The highest BCUT2D eigenvalue weighted by atomic mass is 16.5. The van der Waals surface area contributed by atoms with Crippen LogP contribution in [0.4, 0.5) is 0 Å². The number of hydrogen-bond acceptors (Lipinski definition) is 5. The van der Waals surface area contributed by atoms with Crippen LogP contribution in [0.3, 0.4) is 0 Å². The van der Waals surface area contributed by atoms with Gasteiger partial charge < -0.3 is 19.9 Å². The number of rotatable bonds is 6. The molecule has 8 heteroatoms. The van der Waals surface area contributed by atoms with E-state index in [9.17, 15) is 19.2 Å². The van der Waals surface area contributed by atoms with Crippen molar-refractivity contribution >= 4 is 23.7 Å². The van der Waals surface area contributed by atoms with Crippen LogP contribution in [0, 0.1) is 5.92 Å². The number of benzene rings is 1. The van der Waals surface area contributed by atoms with Crippen LogP contribution in [0.25, 0.3) is 0 Å². The highest BCUT2D eigenvalue weighted by Crippen LogP contribution is 2.18. The number of nitrogens with zero attached hydrogens (tertiary/aromatic N) is 2. The highest BCUT2D eigenvalue weighted by Gasteiger charge is 2.30. The summed E-state index contributed by atoms with van der Waals surface area (Å²) in [5.74, 6) is -1.32. The van der Waals surface area contributed by atoms with E-state index in [-0.39, 0.29) is 41.7 Å². The van der Waals surface area contributed by atoms with E-state index >= 15 is 0 Å². The zero-order chi connectivity index (χ0) is 23.2. The molecule has 1 heterocycles. The van der Waals surface area contributed by atoms with Crippen molar-refractivity contribution in [1.82, 2.24) is 15.1 Å². The lowest BCUT2D eigenvalue weighted by atomic mass is 9.98. The summed E-state index contributed by atoms with van der Waals surface area (Å²) in [6.07, 6.45) is 1.43. The van der Waals surface area contributed by atoms with Crippen molar-refractivity contribution in [2.75, 3.05) is 33.3 Å². The molecule has 3 amide bonds. The van der Waals surface area contributed by atoms with E-state index in [1.165, 1.54) is 4.90 Å². The Labute approximate surface area is 183 Å². The van der Waals surface area contributed by atoms with E-state index < -0.39 is 0 Å². The molecule has 0 radical (unpaired) electrons. The van der Waals surface area contributed by atoms with Crippen LogP contribution in [0.1, 0.15) is 61.3 Å². The first-order valence-electron chi connectivity index (χ1n) is 10.6. The number of amides is 3. The van der Waals surface area contributed by atoms with Crippen LogP contribution in [-0.2, 0) is 14.3 Å². The summed E-state index contributed by atoms with van der Waals surface area (Å²) in [6.45, 7) is 8.56. The first-order chi connectivity index (χ1) is 14.5. The molecule has 1 atom stereocenters. The van der Waals surface area contributed by atoms with E-state index in [1.807, 2.05) is 20.8 Å². The molecule has 0 saturated carbocycles. The maximum absolute atomic E-state index is 12.7. The topological polar surface area (TPSA) is 96.0 Å². The van der Waals surface area contributed by atoms with Gasteiger partial charge in [-0.15, -0.1) is 0 Å². The predicted molar refractivity (Wildman–Crippen MR) is 117 cm³/mol. The minimum absolute atomic E-state index is 0.0827. The second kappa shape index (κ2) is 10.4. The van der Waals surface area contributed by atoms with Crippen molar-refractivity contribution < 1.29 is 23.9 Å². The Morgan fingerprint density at radius 1 is 1.13 bits per heavy atom. The third-order valence-corrected chi connectivity index (χ3v) is 5.00. The summed E-state index contributed by atoms with van der Waals surface area (Å²) in [5, 5.41) is 2.87. The van der Waals surface area contributed by atoms with Gasteiger partial charge in [0.15, 0.2) is 0 Å².